The number of nitrogens with zero attached hydrogens (tertiary/aromatic N) is 3. The first-order valence-electron chi connectivity index (χ1n) is 8.00. The van der Waals surface area contributed by atoms with Gasteiger partial charge in [0.15, 0.2) is 5.82 Å². The maximum absolute atomic E-state index is 12.6. The lowest BCUT2D eigenvalue weighted by Gasteiger charge is -2.20. The van der Waals surface area contributed by atoms with Crippen LogP contribution >= 0.6 is 11.8 Å². The van der Waals surface area contributed by atoms with Crippen LogP contribution in [0.15, 0.2) is 23.4 Å². The molecule has 6 nitrogen and oxygen atoms in total. The van der Waals surface area contributed by atoms with Crippen LogP contribution in [0.3, 0.4) is 0 Å². The minimum Gasteiger partial charge on any atom is -0.342 e. The number of nitrogens with one attached hydrogen (secondary N) is 2. The molecule has 7 heteroatoms. The van der Waals surface area contributed by atoms with Gasteiger partial charge in [0, 0.05) is 16.5 Å². The molecule has 1 unspecified atom stereocenters. The van der Waals surface area contributed by atoms with Crippen LogP contribution in [0.5, 0.6) is 0 Å². The highest BCUT2D eigenvalue weighted by molar-refractivity contribution is 8.00. The first-order valence-corrected chi connectivity index (χ1v) is 8.82. The zero-order chi connectivity index (χ0) is 17.9. The van der Waals surface area contributed by atoms with E-state index in [4.69, 9.17) is 0 Å². The van der Waals surface area contributed by atoms with Gasteiger partial charge >= 0.3 is 0 Å². The molecule has 0 radical (unpaired) electrons. The lowest BCUT2D eigenvalue weighted by atomic mass is 10.0. The number of thioether (sulfide) groups is 1. The molecule has 0 aliphatic rings. The van der Waals surface area contributed by atoms with Crippen molar-refractivity contribution in [2.24, 2.45) is 5.92 Å². The van der Waals surface area contributed by atoms with Crippen LogP contribution < -0.4 is 5.32 Å². The second kappa shape index (κ2) is 7.34. The highest BCUT2D eigenvalue weighted by Crippen LogP contribution is 2.30. The summed E-state index contributed by atoms with van der Waals surface area (Å²) in [6.07, 6.45) is 1.67. The fourth-order valence-corrected chi connectivity index (χ4v) is 3.10. The van der Waals surface area contributed by atoms with Gasteiger partial charge in [0.25, 0.3) is 5.91 Å². The number of aromatic amines is 1. The predicted octanol–water partition coefficient (Wildman–Crippen LogP) is 3.53. The van der Waals surface area contributed by atoms with E-state index >= 15 is 0 Å². The van der Waals surface area contributed by atoms with Crippen LogP contribution in [0.1, 0.15) is 62.7 Å². The summed E-state index contributed by atoms with van der Waals surface area (Å²) in [5.41, 5.74) is 0.592. The molecule has 130 valence electrons. The maximum atomic E-state index is 12.6. The van der Waals surface area contributed by atoms with Crippen molar-refractivity contribution in [1.29, 1.82) is 0 Å². The minimum atomic E-state index is -0.241. The Morgan fingerprint density at radius 3 is 2.58 bits per heavy atom. The van der Waals surface area contributed by atoms with Crippen molar-refractivity contribution >= 4 is 17.7 Å². The molecule has 24 heavy (non-hydrogen) atoms. The van der Waals surface area contributed by atoms with Crippen LogP contribution in [0.25, 0.3) is 0 Å². The van der Waals surface area contributed by atoms with E-state index in [2.05, 4.69) is 46.3 Å². The number of hydrogen-bond donors (Lipinski definition) is 2. The molecule has 0 saturated carbocycles. The molecule has 2 heterocycles. The number of H-pyrrole nitrogens is 1. The number of pyridine rings is 1. The van der Waals surface area contributed by atoms with Gasteiger partial charge in [-0.1, -0.05) is 34.6 Å². The summed E-state index contributed by atoms with van der Waals surface area (Å²) < 4.78 is 0.0407. The molecule has 0 spiro atoms. The number of amides is 1. The van der Waals surface area contributed by atoms with E-state index in [1.807, 2.05) is 26.8 Å². The molecular weight excluding hydrogens is 322 g/mol. The van der Waals surface area contributed by atoms with E-state index in [-0.39, 0.29) is 22.6 Å². The predicted molar refractivity (Wildman–Crippen MR) is 96.0 cm³/mol. The Labute approximate surface area is 147 Å². The quantitative estimate of drug-likeness (QED) is 0.809. The Balaban J connectivity index is 2.17. The lowest BCUT2D eigenvalue weighted by Crippen LogP contribution is -2.32. The molecule has 2 rings (SSSR count). The molecule has 0 aromatic carbocycles. The zero-order valence-electron chi connectivity index (χ0n) is 15.0. The van der Waals surface area contributed by atoms with E-state index in [1.54, 1.807) is 24.0 Å². The molecule has 1 amide bonds. The maximum Gasteiger partial charge on any atom is 0.252 e. The standard InChI is InChI=1S/C17H25N5OS/c1-10(2)14(15-19-11(3)21-22-15)20-16(23)12-7-8-18-13(9-12)24-17(4,5)6/h7-10,14H,1-6H3,(H,20,23)(H,19,21,22). The van der Waals surface area contributed by atoms with E-state index < -0.39 is 0 Å². The van der Waals surface area contributed by atoms with Gasteiger partial charge in [0.1, 0.15) is 5.82 Å². The summed E-state index contributed by atoms with van der Waals surface area (Å²) in [5, 5.41) is 10.9. The van der Waals surface area contributed by atoms with Gasteiger partial charge in [-0.2, -0.15) is 5.10 Å². The average molecular weight is 347 g/mol. The molecule has 0 aliphatic carbocycles. The van der Waals surface area contributed by atoms with Gasteiger partial charge < -0.3 is 5.32 Å². The van der Waals surface area contributed by atoms with Gasteiger partial charge in [-0.05, 0) is 25.0 Å². The van der Waals surface area contributed by atoms with Crippen LogP contribution in [0, 0.1) is 12.8 Å². The molecular formula is C17H25N5OS. The third kappa shape index (κ3) is 5.06. The Morgan fingerprint density at radius 2 is 2.04 bits per heavy atom. The van der Waals surface area contributed by atoms with Gasteiger partial charge in [-0.3, -0.25) is 9.89 Å². The fourth-order valence-electron chi connectivity index (χ4n) is 2.17. The molecule has 1 atom stereocenters. The van der Waals surface area contributed by atoms with Crippen LogP contribution in [0.2, 0.25) is 0 Å². The summed E-state index contributed by atoms with van der Waals surface area (Å²) in [4.78, 5) is 21.3. The van der Waals surface area contributed by atoms with Crippen LogP contribution in [-0.2, 0) is 0 Å². The van der Waals surface area contributed by atoms with Crippen LogP contribution in [-0.4, -0.2) is 30.8 Å². The van der Waals surface area contributed by atoms with Crippen molar-refractivity contribution in [2.45, 2.75) is 57.4 Å². The average Bonchev–Trinajstić information content (AvgIpc) is 2.88. The summed E-state index contributed by atoms with van der Waals surface area (Å²) in [6.45, 7) is 12.3. The van der Waals surface area contributed by atoms with E-state index in [0.29, 0.717) is 11.4 Å². The third-order valence-electron chi connectivity index (χ3n) is 3.25. The number of carbonyl (C=O) groups excluding carboxylic acids is 1. The molecule has 2 aromatic heterocycles. The Hall–Kier alpha value is -1.89. The van der Waals surface area contributed by atoms with Crippen LogP contribution in [0.4, 0.5) is 0 Å². The minimum absolute atomic E-state index is 0.0407. The number of carbonyl (C=O) groups is 1. The number of hydrogen-bond acceptors (Lipinski definition) is 5. The fraction of sp³-hybridized carbons (Fsp3) is 0.529. The molecule has 0 aliphatic heterocycles. The SMILES string of the molecule is Cc1nc(C(NC(=O)c2ccnc(SC(C)(C)C)c2)C(C)C)n[nH]1. The van der Waals surface area contributed by atoms with Crippen molar-refractivity contribution in [2.75, 3.05) is 0 Å². The van der Waals surface area contributed by atoms with Crippen molar-refractivity contribution in [3.8, 4) is 0 Å². The summed E-state index contributed by atoms with van der Waals surface area (Å²) in [7, 11) is 0. The van der Waals surface area contributed by atoms with E-state index in [1.165, 1.54) is 0 Å². The second-order valence-corrected chi connectivity index (χ2v) is 8.92. The van der Waals surface area contributed by atoms with Crippen molar-refractivity contribution in [3.63, 3.8) is 0 Å². The lowest BCUT2D eigenvalue weighted by molar-refractivity contribution is 0.0922. The zero-order valence-corrected chi connectivity index (χ0v) is 15.9. The molecule has 2 aromatic rings. The first-order chi connectivity index (χ1) is 11.2. The highest BCUT2D eigenvalue weighted by atomic mass is 32.2. The smallest absolute Gasteiger partial charge is 0.252 e. The number of aromatic nitrogens is 4. The van der Waals surface area contributed by atoms with Gasteiger partial charge in [0.2, 0.25) is 0 Å². The Bertz CT molecular complexity index is 705. The van der Waals surface area contributed by atoms with Crippen molar-refractivity contribution in [3.05, 3.63) is 35.5 Å². The monoisotopic (exact) mass is 347 g/mol. The highest BCUT2D eigenvalue weighted by Gasteiger charge is 2.23. The molecule has 2 N–H and O–H groups in total. The molecule has 0 bridgehead atoms. The van der Waals surface area contributed by atoms with Crippen molar-refractivity contribution < 1.29 is 4.79 Å². The van der Waals surface area contributed by atoms with Gasteiger partial charge in [-0.15, -0.1) is 11.8 Å². The molecule has 0 fully saturated rings. The third-order valence-corrected chi connectivity index (χ3v) is 4.30. The van der Waals surface area contributed by atoms with E-state index in [0.717, 1.165) is 10.9 Å². The molecule has 0 saturated heterocycles. The second-order valence-electron chi connectivity index (χ2n) is 7.07. The Morgan fingerprint density at radius 1 is 1.33 bits per heavy atom. The number of aryl methyl sites for hydroxylation is 1. The topological polar surface area (TPSA) is 83.6 Å². The van der Waals surface area contributed by atoms with E-state index in [9.17, 15) is 4.79 Å². The van der Waals surface area contributed by atoms with Crippen molar-refractivity contribution in [1.82, 2.24) is 25.5 Å². The summed E-state index contributed by atoms with van der Waals surface area (Å²) >= 11 is 1.64. The largest absolute Gasteiger partial charge is 0.342 e. The normalized spacial score (nSPS) is 13.1. The first kappa shape index (κ1) is 18.4. The van der Waals surface area contributed by atoms with Gasteiger partial charge in [-0.25, -0.2) is 9.97 Å². The summed E-state index contributed by atoms with van der Waals surface area (Å²) in [6, 6.07) is 3.31. The summed E-state index contributed by atoms with van der Waals surface area (Å²) in [5.74, 6) is 1.37. The number of rotatable bonds is 5. The Kier molecular flexibility index (Phi) is 5.64. The van der Waals surface area contributed by atoms with Gasteiger partial charge in [0.05, 0.1) is 11.1 Å².